The third-order valence-corrected chi connectivity index (χ3v) is 10.4. The maximum atomic E-state index is 12.9. The minimum Gasteiger partial charge on any atom is -0.543 e. The van der Waals surface area contributed by atoms with Crippen LogP contribution in [0.3, 0.4) is 0 Å². The molecule has 194 valence electrons. The fraction of sp³-hybridized carbons (Fsp3) is 0.600. The summed E-state index contributed by atoms with van der Waals surface area (Å²) in [6, 6.07) is 3.75. The summed E-state index contributed by atoms with van der Waals surface area (Å²) in [7, 11) is -0.880. The van der Waals surface area contributed by atoms with Gasteiger partial charge in [-0.1, -0.05) is 20.8 Å². The van der Waals surface area contributed by atoms with Gasteiger partial charge in [0.1, 0.15) is 17.4 Å². The van der Waals surface area contributed by atoms with Crippen LogP contribution in [0.4, 0.5) is 10.5 Å². The van der Waals surface area contributed by atoms with E-state index in [9.17, 15) is 14.4 Å². The second-order valence-corrected chi connectivity index (χ2v) is 16.0. The lowest BCUT2D eigenvalue weighted by atomic mass is 10.0. The Bertz CT molecular complexity index is 1010. The normalized spacial score (nSPS) is 17.3. The first-order valence-electron chi connectivity index (χ1n) is 11.7. The number of anilines is 1. The van der Waals surface area contributed by atoms with E-state index in [2.05, 4.69) is 49.5 Å². The summed E-state index contributed by atoms with van der Waals surface area (Å²) in [6.07, 6.45) is -0.845. The molecule has 1 heterocycles. The molecule has 2 atom stereocenters. The SMILES string of the molecule is COC(=O)C[C@@H]1N=C([C@H](C)NC(=O)OC(C)(C)C)c2cc(O[Si](C)(C)C(C)(C)C)ccc2NC1=O. The van der Waals surface area contributed by atoms with Gasteiger partial charge in [0.05, 0.1) is 31.0 Å². The number of carbonyl (C=O) groups is 3. The summed E-state index contributed by atoms with van der Waals surface area (Å²) in [4.78, 5) is 41.9. The number of methoxy groups -OCH3 is 1. The Balaban J connectivity index is 2.53. The number of hydrogen-bond donors (Lipinski definition) is 2. The second kappa shape index (κ2) is 10.4. The summed E-state index contributed by atoms with van der Waals surface area (Å²) in [5.74, 6) is -0.351. The molecule has 1 aromatic rings. The maximum absolute atomic E-state index is 12.9. The summed E-state index contributed by atoms with van der Waals surface area (Å²) in [6.45, 7) is 17.8. The minimum atomic E-state index is -2.14. The Labute approximate surface area is 209 Å². The molecule has 9 nitrogen and oxygen atoms in total. The monoisotopic (exact) mass is 505 g/mol. The number of alkyl carbamates (subject to hydrolysis) is 1. The number of amides is 2. The Morgan fingerprint density at radius 2 is 1.80 bits per heavy atom. The van der Waals surface area contributed by atoms with Gasteiger partial charge in [0.25, 0.3) is 0 Å². The molecule has 0 radical (unpaired) electrons. The van der Waals surface area contributed by atoms with Gasteiger partial charge in [-0.2, -0.15) is 0 Å². The van der Waals surface area contributed by atoms with Crippen molar-refractivity contribution in [3.8, 4) is 5.75 Å². The van der Waals surface area contributed by atoms with Gasteiger partial charge in [0.2, 0.25) is 14.2 Å². The van der Waals surface area contributed by atoms with Crippen molar-refractivity contribution in [2.75, 3.05) is 12.4 Å². The van der Waals surface area contributed by atoms with E-state index in [-0.39, 0.29) is 11.5 Å². The van der Waals surface area contributed by atoms with Gasteiger partial charge in [0.15, 0.2) is 0 Å². The van der Waals surface area contributed by atoms with E-state index in [1.54, 1.807) is 33.8 Å². The lowest BCUT2D eigenvalue weighted by molar-refractivity contribution is -0.142. The zero-order valence-corrected chi connectivity index (χ0v) is 23.5. The van der Waals surface area contributed by atoms with Crippen LogP contribution in [0.15, 0.2) is 23.2 Å². The molecule has 0 saturated carbocycles. The second-order valence-electron chi connectivity index (χ2n) is 11.2. The first-order chi connectivity index (χ1) is 15.9. The fourth-order valence-electron chi connectivity index (χ4n) is 3.14. The van der Waals surface area contributed by atoms with E-state index >= 15 is 0 Å². The summed E-state index contributed by atoms with van der Waals surface area (Å²) < 4.78 is 16.6. The molecular formula is C25H39N3O6Si. The highest BCUT2D eigenvalue weighted by Gasteiger charge is 2.39. The first kappa shape index (κ1) is 28.4. The molecule has 2 rings (SSSR count). The molecular weight excluding hydrogens is 466 g/mol. The molecule has 2 amide bonds. The topological polar surface area (TPSA) is 115 Å². The smallest absolute Gasteiger partial charge is 0.408 e. The van der Waals surface area contributed by atoms with Crippen molar-refractivity contribution in [2.24, 2.45) is 4.99 Å². The molecule has 10 heteroatoms. The van der Waals surface area contributed by atoms with Crippen LogP contribution in [0.25, 0.3) is 0 Å². The van der Waals surface area contributed by atoms with E-state index in [0.717, 1.165) is 0 Å². The van der Waals surface area contributed by atoms with Crippen molar-refractivity contribution in [2.45, 2.75) is 90.7 Å². The van der Waals surface area contributed by atoms with Crippen LogP contribution in [0.1, 0.15) is 60.5 Å². The van der Waals surface area contributed by atoms with E-state index in [4.69, 9.17) is 13.9 Å². The highest BCUT2D eigenvalue weighted by atomic mass is 28.4. The van der Waals surface area contributed by atoms with Gasteiger partial charge in [-0.3, -0.25) is 14.6 Å². The minimum absolute atomic E-state index is 0.0118. The number of ether oxygens (including phenoxy) is 2. The number of benzodiazepines with no additional fused rings is 1. The van der Waals surface area contributed by atoms with Crippen molar-refractivity contribution >= 4 is 37.7 Å². The molecule has 0 saturated heterocycles. The average molecular weight is 506 g/mol. The van der Waals surface area contributed by atoms with Gasteiger partial charge >= 0.3 is 12.1 Å². The van der Waals surface area contributed by atoms with Gasteiger partial charge in [-0.05, 0) is 64.0 Å². The number of aliphatic imine (C=N–C) groups is 1. The molecule has 0 aromatic heterocycles. The maximum Gasteiger partial charge on any atom is 0.408 e. The standard InChI is InChI=1S/C25H39N3O6Si/c1-15(26-23(31)33-24(2,3)4)21-17-13-16(34-35(9,10)25(5,6)7)11-12-18(17)28-22(30)19(27-21)14-20(29)32-8/h11-13,15,19H,14H2,1-10H3,(H,26,31)(H,28,30)/t15-,19-/m0/s1. The van der Waals surface area contributed by atoms with Crippen molar-refractivity contribution < 1.29 is 28.3 Å². The van der Waals surface area contributed by atoms with Crippen molar-refractivity contribution in [3.63, 3.8) is 0 Å². The van der Waals surface area contributed by atoms with Gasteiger partial charge < -0.3 is 24.5 Å². The molecule has 0 bridgehead atoms. The fourth-order valence-corrected chi connectivity index (χ4v) is 4.17. The van der Waals surface area contributed by atoms with Crippen LogP contribution < -0.4 is 15.1 Å². The Morgan fingerprint density at radius 1 is 1.17 bits per heavy atom. The summed E-state index contributed by atoms with van der Waals surface area (Å²) >= 11 is 0. The third kappa shape index (κ3) is 7.55. The average Bonchev–Trinajstić information content (AvgIpc) is 2.81. The summed E-state index contributed by atoms with van der Waals surface area (Å²) in [5.41, 5.74) is 0.869. The van der Waals surface area contributed by atoms with Crippen LogP contribution in [0, 0.1) is 0 Å². The number of fused-ring (bicyclic) bond motifs is 1. The van der Waals surface area contributed by atoms with Crippen molar-refractivity contribution in [3.05, 3.63) is 23.8 Å². The van der Waals surface area contributed by atoms with E-state index in [0.29, 0.717) is 22.7 Å². The Kier molecular flexibility index (Phi) is 8.42. The Morgan fingerprint density at radius 3 is 2.34 bits per heavy atom. The molecule has 1 aromatic carbocycles. The van der Waals surface area contributed by atoms with Gasteiger partial charge in [0, 0.05) is 5.56 Å². The highest BCUT2D eigenvalue weighted by Crippen LogP contribution is 2.38. The van der Waals surface area contributed by atoms with Crippen molar-refractivity contribution in [1.82, 2.24) is 5.32 Å². The van der Waals surface area contributed by atoms with Crippen LogP contribution in [-0.2, 0) is 19.1 Å². The molecule has 0 spiro atoms. The lowest BCUT2D eigenvalue weighted by Gasteiger charge is -2.36. The first-order valence-corrected chi connectivity index (χ1v) is 14.6. The summed E-state index contributed by atoms with van der Waals surface area (Å²) in [5, 5.41) is 5.63. The number of benzene rings is 1. The van der Waals surface area contributed by atoms with Crippen LogP contribution in [-0.4, -0.2) is 56.8 Å². The van der Waals surface area contributed by atoms with Crippen LogP contribution >= 0.6 is 0 Å². The van der Waals surface area contributed by atoms with Gasteiger partial charge in [-0.25, -0.2) is 4.79 Å². The number of carbonyl (C=O) groups excluding carboxylic acids is 3. The van der Waals surface area contributed by atoms with E-state index in [1.165, 1.54) is 7.11 Å². The van der Waals surface area contributed by atoms with Crippen LogP contribution in [0.5, 0.6) is 5.75 Å². The molecule has 1 aliphatic rings. The number of nitrogens with one attached hydrogen (secondary N) is 2. The Hall–Kier alpha value is -2.88. The number of nitrogens with zero attached hydrogens (tertiary/aromatic N) is 1. The van der Waals surface area contributed by atoms with Crippen LogP contribution in [0.2, 0.25) is 18.1 Å². The predicted octanol–water partition coefficient (Wildman–Crippen LogP) is 4.66. The molecule has 35 heavy (non-hydrogen) atoms. The molecule has 1 aliphatic heterocycles. The highest BCUT2D eigenvalue weighted by molar-refractivity contribution is 6.74. The number of hydrogen-bond acceptors (Lipinski definition) is 7. The lowest BCUT2D eigenvalue weighted by Crippen LogP contribution is -2.44. The molecule has 0 fully saturated rings. The zero-order chi connectivity index (χ0) is 26.8. The quantitative estimate of drug-likeness (QED) is 0.429. The zero-order valence-electron chi connectivity index (χ0n) is 22.5. The molecule has 0 unspecified atom stereocenters. The molecule has 2 N–H and O–H groups in total. The van der Waals surface area contributed by atoms with E-state index < -0.39 is 44.0 Å². The van der Waals surface area contributed by atoms with Crippen molar-refractivity contribution in [1.29, 1.82) is 0 Å². The molecule has 0 aliphatic carbocycles. The number of rotatable bonds is 6. The third-order valence-electron chi connectivity index (χ3n) is 6.03. The van der Waals surface area contributed by atoms with E-state index in [1.807, 2.05) is 12.1 Å². The predicted molar refractivity (Wildman–Crippen MR) is 139 cm³/mol. The van der Waals surface area contributed by atoms with Gasteiger partial charge in [-0.15, -0.1) is 0 Å². The largest absolute Gasteiger partial charge is 0.543 e. The number of esters is 1.